The molecule has 1 heterocycles. The molecule has 0 atom stereocenters. The van der Waals surface area contributed by atoms with E-state index < -0.39 is 0 Å². The number of fused-ring (bicyclic) bond motifs is 1. The van der Waals surface area contributed by atoms with E-state index in [2.05, 4.69) is 10.3 Å². The Bertz CT molecular complexity index is 934. The lowest BCUT2D eigenvalue weighted by Crippen LogP contribution is -2.32. The molecular formula is C18H17N3O3. The van der Waals surface area contributed by atoms with Gasteiger partial charge in [0.15, 0.2) is 0 Å². The summed E-state index contributed by atoms with van der Waals surface area (Å²) in [7, 11) is 0. The van der Waals surface area contributed by atoms with Crippen LogP contribution in [0.3, 0.4) is 0 Å². The molecule has 2 aromatic carbocycles. The maximum absolute atomic E-state index is 12.2. The number of carbonyl (C=O) groups is 1. The molecule has 6 nitrogen and oxygen atoms in total. The molecule has 0 unspecified atom stereocenters. The van der Waals surface area contributed by atoms with Gasteiger partial charge in [0.2, 0.25) is 5.91 Å². The lowest BCUT2D eigenvalue weighted by Gasteiger charge is -2.11. The molecule has 24 heavy (non-hydrogen) atoms. The molecule has 0 fully saturated rings. The monoisotopic (exact) mass is 323 g/mol. The van der Waals surface area contributed by atoms with E-state index in [-0.39, 0.29) is 24.6 Å². The van der Waals surface area contributed by atoms with Gasteiger partial charge in [-0.3, -0.25) is 14.2 Å². The van der Waals surface area contributed by atoms with Crippen LogP contribution in [0.4, 0.5) is 0 Å². The number of nitrogens with zero attached hydrogens (tertiary/aromatic N) is 2. The largest absolute Gasteiger partial charge is 0.392 e. The summed E-state index contributed by atoms with van der Waals surface area (Å²) < 4.78 is 1.40. The predicted molar refractivity (Wildman–Crippen MR) is 90.2 cm³/mol. The molecule has 0 aliphatic rings. The van der Waals surface area contributed by atoms with Crippen LogP contribution in [0.2, 0.25) is 0 Å². The Balaban J connectivity index is 1.76. The second-order valence-electron chi connectivity index (χ2n) is 5.37. The third kappa shape index (κ3) is 3.33. The van der Waals surface area contributed by atoms with Gasteiger partial charge < -0.3 is 10.4 Å². The normalized spacial score (nSPS) is 10.7. The van der Waals surface area contributed by atoms with Crippen molar-refractivity contribution in [2.45, 2.75) is 19.7 Å². The highest BCUT2D eigenvalue weighted by Crippen LogP contribution is 2.09. The number of benzene rings is 2. The first-order valence-electron chi connectivity index (χ1n) is 7.58. The van der Waals surface area contributed by atoms with Gasteiger partial charge in [0, 0.05) is 6.54 Å². The Hall–Kier alpha value is -2.99. The van der Waals surface area contributed by atoms with Crippen molar-refractivity contribution in [3.8, 4) is 0 Å². The fourth-order valence-corrected chi connectivity index (χ4v) is 2.56. The van der Waals surface area contributed by atoms with Gasteiger partial charge in [0.25, 0.3) is 5.56 Å². The summed E-state index contributed by atoms with van der Waals surface area (Å²) in [5.74, 6) is -0.277. The van der Waals surface area contributed by atoms with E-state index in [9.17, 15) is 14.7 Å². The molecule has 0 saturated carbocycles. The quantitative estimate of drug-likeness (QED) is 0.739. The van der Waals surface area contributed by atoms with Crippen molar-refractivity contribution < 1.29 is 9.90 Å². The first-order valence-corrected chi connectivity index (χ1v) is 7.58. The van der Waals surface area contributed by atoms with Crippen LogP contribution in [0, 0.1) is 0 Å². The number of aromatic nitrogens is 2. The topological polar surface area (TPSA) is 84.2 Å². The van der Waals surface area contributed by atoms with Crippen molar-refractivity contribution in [2.75, 3.05) is 0 Å². The minimum Gasteiger partial charge on any atom is -0.392 e. The summed E-state index contributed by atoms with van der Waals surface area (Å²) >= 11 is 0. The zero-order valence-electron chi connectivity index (χ0n) is 13.0. The summed E-state index contributed by atoms with van der Waals surface area (Å²) in [5.41, 5.74) is 2.58. The van der Waals surface area contributed by atoms with E-state index in [1.54, 1.807) is 18.2 Å². The molecular weight excluding hydrogens is 306 g/mol. The molecule has 0 aliphatic carbocycles. The van der Waals surface area contributed by atoms with Gasteiger partial charge in [-0.15, -0.1) is 0 Å². The molecule has 1 aromatic heterocycles. The van der Waals surface area contributed by atoms with Crippen molar-refractivity contribution in [3.05, 3.63) is 76.2 Å². The molecule has 0 aliphatic heterocycles. The second kappa shape index (κ2) is 7.06. The lowest BCUT2D eigenvalue weighted by molar-refractivity contribution is -0.121. The number of nitrogens with one attached hydrogen (secondary N) is 1. The summed E-state index contributed by atoms with van der Waals surface area (Å²) in [6.45, 7) is 0.136. The van der Waals surface area contributed by atoms with Crippen LogP contribution in [0.5, 0.6) is 0 Å². The zero-order valence-corrected chi connectivity index (χ0v) is 13.0. The van der Waals surface area contributed by atoms with Crippen molar-refractivity contribution in [1.29, 1.82) is 0 Å². The van der Waals surface area contributed by atoms with Crippen LogP contribution in [0.1, 0.15) is 11.1 Å². The Labute approximate surface area is 138 Å². The van der Waals surface area contributed by atoms with Crippen LogP contribution >= 0.6 is 0 Å². The van der Waals surface area contributed by atoms with E-state index >= 15 is 0 Å². The van der Waals surface area contributed by atoms with Crippen LogP contribution in [-0.4, -0.2) is 20.6 Å². The van der Waals surface area contributed by atoms with E-state index in [0.29, 0.717) is 17.6 Å². The van der Waals surface area contributed by atoms with Gasteiger partial charge >= 0.3 is 0 Å². The molecule has 0 saturated heterocycles. The minimum absolute atomic E-state index is 0.0802. The van der Waals surface area contributed by atoms with E-state index in [1.807, 2.05) is 30.3 Å². The van der Waals surface area contributed by atoms with Crippen molar-refractivity contribution in [1.82, 2.24) is 14.9 Å². The van der Waals surface area contributed by atoms with Gasteiger partial charge in [-0.1, -0.05) is 36.4 Å². The highest BCUT2D eigenvalue weighted by molar-refractivity contribution is 5.79. The second-order valence-corrected chi connectivity index (χ2v) is 5.37. The molecule has 6 heteroatoms. The minimum atomic E-state index is -0.320. The van der Waals surface area contributed by atoms with Crippen LogP contribution in [0.25, 0.3) is 11.0 Å². The number of rotatable bonds is 5. The fourth-order valence-electron chi connectivity index (χ4n) is 2.56. The van der Waals surface area contributed by atoms with Crippen LogP contribution in [-0.2, 0) is 24.5 Å². The van der Waals surface area contributed by atoms with Crippen LogP contribution in [0.15, 0.2) is 59.5 Å². The van der Waals surface area contributed by atoms with Gasteiger partial charge in [-0.25, -0.2) is 4.98 Å². The molecule has 1 amide bonds. The van der Waals surface area contributed by atoms with Crippen molar-refractivity contribution in [2.24, 2.45) is 0 Å². The molecule has 0 spiro atoms. The predicted octanol–water partition coefficient (Wildman–Crippen LogP) is 1.21. The summed E-state index contributed by atoms with van der Waals surface area (Å²) in [6, 6.07) is 14.5. The summed E-state index contributed by atoms with van der Waals surface area (Å²) in [4.78, 5) is 28.3. The number of aliphatic hydroxyl groups is 1. The third-order valence-corrected chi connectivity index (χ3v) is 3.82. The summed E-state index contributed by atoms with van der Waals surface area (Å²) in [6.07, 6.45) is 1.22. The smallest absolute Gasteiger partial charge is 0.269 e. The lowest BCUT2D eigenvalue weighted by atomic mass is 10.1. The maximum Gasteiger partial charge on any atom is 0.269 e. The SMILES string of the molecule is O=C(Cn1c(=O)cnc2ccccc21)NCc1ccccc1CO. The molecule has 3 aromatic rings. The average Bonchev–Trinajstić information content (AvgIpc) is 2.62. The molecule has 3 rings (SSSR count). The van der Waals surface area contributed by atoms with Crippen molar-refractivity contribution in [3.63, 3.8) is 0 Å². The Morgan fingerprint density at radius 3 is 2.58 bits per heavy atom. The highest BCUT2D eigenvalue weighted by atomic mass is 16.3. The fraction of sp³-hybridized carbons (Fsp3) is 0.167. The number of carbonyl (C=O) groups excluding carboxylic acids is 1. The standard InChI is InChI=1S/C18H17N3O3/c22-12-14-6-2-1-5-13(14)9-20-17(23)11-21-16-8-4-3-7-15(16)19-10-18(21)24/h1-8,10,22H,9,11-12H2,(H,20,23). The Kier molecular flexibility index (Phi) is 4.67. The van der Waals surface area contributed by atoms with E-state index in [0.717, 1.165) is 11.1 Å². The average molecular weight is 323 g/mol. The Morgan fingerprint density at radius 2 is 1.79 bits per heavy atom. The molecule has 2 N–H and O–H groups in total. The van der Waals surface area contributed by atoms with Gasteiger partial charge in [0.1, 0.15) is 6.54 Å². The third-order valence-electron chi connectivity index (χ3n) is 3.82. The zero-order chi connectivity index (χ0) is 16.9. The van der Waals surface area contributed by atoms with Crippen molar-refractivity contribution >= 4 is 16.9 Å². The van der Waals surface area contributed by atoms with E-state index in [1.165, 1.54) is 10.8 Å². The molecule has 0 radical (unpaired) electrons. The molecule has 0 bridgehead atoms. The van der Waals surface area contributed by atoms with Gasteiger partial charge in [0.05, 0.1) is 23.8 Å². The van der Waals surface area contributed by atoms with Gasteiger partial charge in [-0.2, -0.15) is 0 Å². The highest BCUT2D eigenvalue weighted by Gasteiger charge is 2.09. The first-order chi connectivity index (χ1) is 11.7. The number of aliphatic hydroxyl groups excluding tert-OH is 1. The van der Waals surface area contributed by atoms with Crippen LogP contribution < -0.4 is 10.9 Å². The first kappa shape index (κ1) is 15.9. The molecule has 122 valence electrons. The van der Waals surface area contributed by atoms with Gasteiger partial charge in [-0.05, 0) is 23.3 Å². The Morgan fingerprint density at radius 1 is 1.08 bits per heavy atom. The number of hydrogen-bond donors (Lipinski definition) is 2. The maximum atomic E-state index is 12.2. The van der Waals surface area contributed by atoms with E-state index in [4.69, 9.17) is 0 Å². The number of amides is 1. The number of para-hydroxylation sites is 2. The number of hydrogen-bond acceptors (Lipinski definition) is 4. The summed E-state index contributed by atoms with van der Waals surface area (Å²) in [5, 5.41) is 12.1.